The monoisotopic (exact) mass is 255 g/mol. The van der Waals surface area contributed by atoms with Gasteiger partial charge in [-0.25, -0.2) is 0 Å². The number of fused-ring (bicyclic) bond motifs is 1. The van der Waals surface area contributed by atoms with Gasteiger partial charge in [0, 0.05) is 10.5 Å². The number of hydrogen-bond acceptors (Lipinski definition) is 1. The Morgan fingerprint density at radius 1 is 1.36 bits per heavy atom. The number of rotatable bonds is 0. The average molecular weight is 256 g/mol. The van der Waals surface area contributed by atoms with Crippen LogP contribution in [0, 0.1) is 0 Å². The van der Waals surface area contributed by atoms with Crippen LogP contribution in [0.1, 0.15) is 43.9 Å². The van der Waals surface area contributed by atoms with Crippen LogP contribution in [0.4, 0.5) is 0 Å². The molecular weight excluding hydrogens is 238 g/mol. The normalized spacial score (nSPS) is 19.3. The molecule has 0 aromatic heterocycles. The standard InChI is InChI=1S/C10H12BrN.C2H6/c11-8-4-5-9-7(6-8)2-1-3-10(9)12;1-2/h4-6,10H,1-3,12H2;1-2H3. The zero-order chi connectivity index (χ0) is 10.6. The van der Waals surface area contributed by atoms with Gasteiger partial charge in [-0.15, -0.1) is 0 Å². The Labute approximate surface area is 94.8 Å². The summed E-state index contributed by atoms with van der Waals surface area (Å²) < 4.78 is 1.16. The lowest BCUT2D eigenvalue weighted by molar-refractivity contribution is 0.570. The van der Waals surface area contributed by atoms with Crippen LogP contribution in [0.5, 0.6) is 0 Å². The second-order valence-corrected chi connectivity index (χ2v) is 4.26. The summed E-state index contributed by atoms with van der Waals surface area (Å²) in [5.41, 5.74) is 8.74. The molecule has 0 heterocycles. The van der Waals surface area contributed by atoms with E-state index in [2.05, 4.69) is 34.1 Å². The van der Waals surface area contributed by atoms with Crippen molar-refractivity contribution in [1.82, 2.24) is 0 Å². The maximum Gasteiger partial charge on any atom is 0.0297 e. The summed E-state index contributed by atoms with van der Waals surface area (Å²) in [4.78, 5) is 0. The van der Waals surface area contributed by atoms with E-state index in [1.54, 1.807) is 0 Å². The largest absolute Gasteiger partial charge is 0.324 e. The minimum Gasteiger partial charge on any atom is -0.324 e. The Balaban J connectivity index is 0.000000461. The van der Waals surface area contributed by atoms with Crippen molar-refractivity contribution in [2.45, 2.75) is 39.2 Å². The molecule has 0 aliphatic heterocycles. The molecule has 1 atom stereocenters. The first-order chi connectivity index (χ1) is 6.77. The number of aryl methyl sites for hydroxylation is 1. The van der Waals surface area contributed by atoms with Crippen molar-refractivity contribution in [2.24, 2.45) is 5.73 Å². The predicted octanol–water partition coefficient (Wildman–Crippen LogP) is 3.81. The first-order valence-electron chi connectivity index (χ1n) is 5.31. The minimum absolute atomic E-state index is 0.266. The molecule has 1 nitrogen and oxygen atoms in total. The molecule has 0 amide bonds. The molecule has 1 aromatic carbocycles. The van der Waals surface area contributed by atoms with E-state index in [4.69, 9.17) is 5.73 Å². The lowest BCUT2D eigenvalue weighted by Crippen LogP contribution is -2.17. The molecule has 2 N–H and O–H groups in total. The van der Waals surface area contributed by atoms with Crippen LogP contribution in [0.15, 0.2) is 22.7 Å². The summed E-state index contributed by atoms with van der Waals surface area (Å²) in [5, 5.41) is 0. The molecule has 2 rings (SSSR count). The van der Waals surface area contributed by atoms with Gasteiger partial charge in [0.15, 0.2) is 0 Å². The van der Waals surface area contributed by atoms with Gasteiger partial charge in [0.2, 0.25) is 0 Å². The Hall–Kier alpha value is -0.340. The molecule has 0 fully saturated rings. The highest BCUT2D eigenvalue weighted by Crippen LogP contribution is 2.29. The van der Waals surface area contributed by atoms with Gasteiger partial charge < -0.3 is 5.73 Å². The zero-order valence-electron chi connectivity index (χ0n) is 8.89. The van der Waals surface area contributed by atoms with Crippen molar-refractivity contribution in [3.63, 3.8) is 0 Å². The Morgan fingerprint density at radius 3 is 2.79 bits per heavy atom. The maximum absolute atomic E-state index is 5.98. The summed E-state index contributed by atoms with van der Waals surface area (Å²) >= 11 is 3.47. The third-order valence-corrected chi connectivity index (χ3v) is 2.96. The van der Waals surface area contributed by atoms with E-state index in [9.17, 15) is 0 Å². The van der Waals surface area contributed by atoms with E-state index in [0.29, 0.717) is 0 Å². The molecule has 0 spiro atoms. The van der Waals surface area contributed by atoms with Gasteiger partial charge >= 0.3 is 0 Å². The van der Waals surface area contributed by atoms with Gasteiger partial charge in [-0.3, -0.25) is 0 Å². The summed E-state index contributed by atoms with van der Waals surface area (Å²) in [6.45, 7) is 4.00. The molecule has 0 saturated carbocycles. The van der Waals surface area contributed by atoms with Crippen LogP contribution >= 0.6 is 15.9 Å². The fourth-order valence-corrected chi connectivity index (χ4v) is 2.23. The van der Waals surface area contributed by atoms with E-state index in [-0.39, 0.29) is 6.04 Å². The fourth-order valence-electron chi connectivity index (χ4n) is 1.82. The van der Waals surface area contributed by atoms with Crippen molar-refractivity contribution in [1.29, 1.82) is 0 Å². The summed E-state index contributed by atoms with van der Waals surface area (Å²) in [6.07, 6.45) is 3.54. The van der Waals surface area contributed by atoms with Gasteiger partial charge in [-0.05, 0) is 42.5 Å². The molecule has 0 saturated heterocycles. The van der Waals surface area contributed by atoms with E-state index < -0.39 is 0 Å². The quantitative estimate of drug-likeness (QED) is 0.750. The Bertz CT molecular complexity index is 296. The second-order valence-electron chi connectivity index (χ2n) is 3.34. The number of hydrogen-bond donors (Lipinski definition) is 1. The van der Waals surface area contributed by atoms with Crippen LogP contribution in [-0.4, -0.2) is 0 Å². The first-order valence-corrected chi connectivity index (χ1v) is 6.10. The average Bonchev–Trinajstić information content (AvgIpc) is 2.21. The third kappa shape index (κ3) is 2.58. The molecular formula is C12H18BrN. The highest BCUT2D eigenvalue weighted by Gasteiger charge is 2.15. The van der Waals surface area contributed by atoms with Crippen LogP contribution in [-0.2, 0) is 6.42 Å². The summed E-state index contributed by atoms with van der Waals surface area (Å²) in [6, 6.07) is 6.67. The summed E-state index contributed by atoms with van der Waals surface area (Å²) in [7, 11) is 0. The van der Waals surface area contributed by atoms with E-state index in [1.165, 1.54) is 24.0 Å². The molecule has 78 valence electrons. The molecule has 0 bridgehead atoms. The van der Waals surface area contributed by atoms with Gasteiger partial charge in [0.05, 0.1) is 0 Å². The van der Waals surface area contributed by atoms with Crippen molar-refractivity contribution < 1.29 is 0 Å². The van der Waals surface area contributed by atoms with E-state index in [0.717, 1.165) is 10.9 Å². The van der Waals surface area contributed by atoms with Crippen LogP contribution < -0.4 is 5.73 Å². The van der Waals surface area contributed by atoms with Gasteiger partial charge in [0.1, 0.15) is 0 Å². The molecule has 14 heavy (non-hydrogen) atoms. The predicted molar refractivity (Wildman–Crippen MR) is 65.4 cm³/mol. The lowest BCUT2D eigenvalue weighted by Gasteiger charge is -2.21. The molecule has 1 aliphatic rings. The van der Waals surface area contributed by atoms with Crippen molar-refractivity contribution in [3.05, 3.63) is 33.8 Å². The summed E-state index contributed by atoms with van der Waals surface area (Å²) in [5.74, 6) is 0. The molecule has 0 radical (unpaired) electrons. The minimum atomic E-state index is 0.266. The van der Waals surface area contributed by atoms with Gasteiger partial charge in [-0.2, -0.15) is 0 Å². The number of benzene rings is 1. The molecule has 2 heteroatoms. The van der Waals surface area contributed by atoms with E-state index in [1.807, 2.05) is 13.8 Å². The van der Waals surface area contributed by atoms with Gasteiger partial charge in [0.25, 0.3) is 0 Å². The SMILES string of the molecule is CC.NC1CCCc2cc(Br)ccc21. The highest BCUT2D eigenvalue weighted by atomic mass is 79.9. The zero-order valence-corrected chi connectivity index (χ0v) is 10.5. The van der Waals surface area contributed by atoms with Crippen LogP contribution in [0.3, 0.4) is 0 Å². The number of nitrogens with two attached hydrogens (primary N) is 1. The number of halogens is 1. The van der Waals surface area contributed by atoms with Crippen molar-refractivity contribution in [2.75, 3.05) is 0 Å². The maximum atomic E-state index is 5.98. The Morgan fingerprint density at radius 2 is 2.07 bits per heavy atom. The second kappa shape index (κ2) is 5.52. The molecule has 1 aromatic rings. The topological polar surface area (TPSA) is 26.0 Å². The fraction of sp³-hybridized carbons (Fsp3) is 0.500. The van der Waals surface area contributed by atoms with Crippen LogP contribution in [0.2, 0.25) is 0 Å². The first kappa shape index (κ1) is 11.7. The molecule has 1 aliphatic carbocycles. The lowest BCUT2D eigenvalue weighted by atomic mass is 9.88. The molecule has 1 unspecified atom stereocenters. The van der Waals surface area contributed by atoms with Crippen molar-refractivity contribution in [3.8, 4) is 0 Å². The third-order valence-electron chi connectivity index (χ3n) is 2.47. The Kier molecular flexibility index (Phi) is 4.63. The highest BCUT2D eigenvalue weighted by molar-refractivity contribution is 9.10. The smallest absolute Gasteiger partial charge is 0.0297 e. The van der Waals surface area contributed by atoms with Crippen LogP contribution in [0.25, 0.3) is 0 Å². The van der Waals surface area contributed by atoms with E-state index >= 15 is 0 Å². The van der Waals surface area contributed by atoms with Crippen molar-refractivity contribution >= 4 is 15.9 Å². The van der Waals surface area contributed by atoms with Gasteiger partial charge in [-0.1, -0.05) is 35.8 Å².